The smallest absolute Gasteiger partial charge is 0.259 e. The van der Waals surface area contributed by atoms with Gasteiger partial charge in [0.1, 0.15) is 5.75 Å². The number of hydrazone groups is 1. The van der Waals surface area contributed by atoms with Gasteiger partial charge in [-0.1, -0.05) is 29.8 Å². The number of carbonyl (C=O) groups is 2. The molecule has 2 N–H and O–H groups in total. The van der Waals surface area contributed by atoms with Gasteiger partial charge in [0.15, 0.2) is 6.61 Å². The maximum absolute atomic E-state index is 11.9. The van der Waals surface area contributed by atoms with E-state index in [2.05, 4.69) is 34.3 Å². The zero-order valence-corrected chi connectivity index (χ0v) is 17.5. The molecule has 0 aliphatic rings. The van der Waals surface area contributed by atoms with Gasteiger partial charge in [-0.15, -0.1) is 0 Å². The van der Waals surface area contributed by atoms with Gasteiger partial charge in [-0.3, -0.25) is 9.59 Å². The molecule has 1 aromatic heterocycles. The molecule has 0 atom stereocenters. The number of ether oxygens (including phenoxy) is 1. The molecule has 0 radical (unpaired) electrons. The Labute approximate surface area is 179 Å². The van der Waals surface area contributed by atoms with E-state index in [1.54, 1.807) is 30.5 Å². The van der Waals surface area contributed by atoms with Crippen molar-refractivity contribution in [1.82, 2.24) is 15.3 Å². The summed E-state index contributed by atoms with van der Waals surface area (Å²) in [5, 5.41) is 8.13. The van der Waals surface area contributed by atoms with Crippen LogP contribution in [-0.4, -0.2) is 35.7 Å². The summed E-state index contributed by atoms with van der Waals surface area (Å²) in [7, 11) is 0. The van der Waals surface area contributed by atoms with Crippen LogP contribution in [0.3, 0.4) is 0 Å². The molecule has 2 amide bonds. The molecule has 0 aliphatic carbocycles. The van der Waals surface area contributed by atoms with E-state index in [0.717, 1.165) is 16.5 Å². The fourth-order valence-corrected chi connectivity index (χ4v) is 3.01. The molecule has 0 bridgehead atoms. The molecule has 0 saturated heterocycles. The molecule has 156 valence electrons. The summed E-state index contributed by atoms with van der Waals surface area (Å²) in [5.74, 6) is -0.327. The van der Waals surface area contributed by atoms with E-state index in [9.17, 15) is 9.59 Å². The first kappa shape index (κ1) is 21.4. The number of halogens is 1. The van der Waals surface area contributed by atoms with E-state index in [4.69, 9.17) is 16.3 Å². The first-order valence-corrected chi connectivity index (χ1v) is 9.88. The highest BCUT2D eigenvalue weighted by Gasteiger charge is 2.09. The molecular weight excluding hydrogens is 404 g/mol. The van der Waals surface area contributed by atoms with E-state index in [1.165, 1.54) is 0 Å². The van der Waals surface area contributed by atoms with Crippen molar-refractivity contribution in [2.75, 3.05) is 13.2 Å². The summed E-state index contributed by atoms with van der Waals surface area (Å²) < 4.78 is 7.47. The van der Waals surface area contributed by atoms with Crippen LogP contribution in [0.2, 0.25) is 5.02 Å². The third kappa shape index (κ3) is 5.61. The van der Waals surface area contributed by atoms with Crippen molar-refractivity contribution in [3.8, 4) is 5.75 Å². The highest BCUT2D eigenvalue weighted by molar-refractivity contribution is 6.30. The van der Waals surface area contributed by atoms with Crippen LogP contribution in [0.1, 0.15) is 25.5 Å². The zero-order valence-electron chi connectivity index (χ0n) is 16.8. The molecule has 3 aromatic rings. The van der Waals surface area contributed by atoms with Crippen molar-refractivity contribution >= 4 is 40.5 Å². The third-order valence-electron chi connectivity index (χ3n) is 4.35. The summed E-state index contributed by atoms with van der Waals surface area (Å²) >= 11 is 5.79. The standard InChI is InChI=1S/C22H23ClN4O3/c1-15(2)27-13-16(19-5-3-4-6-20(19)27)11-25-26-21(28)12-24-22(29)14-30-18-9-7-17(23)8-10-18/h3-11,13,15H,12,14H2,1-2H3,(H,24,29)(H,26,28)/b25-11-. The second-order valence-electron chi connectivity index (χ2n) is 6.92. The minimum atomic E-state index is -0.432. The summed E-state index contributed by atoms with van der Waals surface area (Å²) in [4.78, 5) is 23.7. The van der Waals surface area contributed by atoms with Gasteiger partial charge in [0, 0.05) is 33.7 Å². The summed E-state index contributed by atoms with van der Waals surface area (Å²) in [6, 6.07) is 15.0. The minimum absolute atomic E-state index is 0.200. The average Bonchev–Trinajstić information content (AvgIpc) is 3.11. The summed E-state index contributed by atoms with van der Waals surface area (Å²) in [6.45, 7) is 3.81. The van der Waals surface area contributed by atoms with Gasteiger partial charge in [0.25, 0.3) is 11.8 Å². The topological polar surface area (TPSA) is 84.7 Å². The lowest BCUT2D eigenvalue weighted by Crippen LogP contribution is -2.37. The van der Waals surface area contributed by atoms with Crippen LogP contribution in [0.25, 0.3) is 10.9 Å². The Morgan fingerprint density at radius 2 is 1.87 bits per heavy atom. The molecular formula is C22H23ClN4O3. The predicted molar refractivity (Wildman–Crippen MR) is 118 cm³/mol. The van der Waals surface area contributed by atoms with Gasteiger partial charge >= 0.3 is 0 Å². The highest BCUT2D eigenvalue weighted by atomic mass is 35.5. The Bertz CT molecular complexity index is 1060. The van der Waals surface area contributed by atoms with Gasteiger partial charge in [0.2, 0.25) is 0 Å². The average molecular weight is 427 g/mol. The monoisotopic (exact) mass is 426 g/mol. The van der Waals surface area contributed by atoms with Crippen molar-refractivity contribution < 1.29 is 14.3 Å². The quantitative estimate of drug-likeness (QED) is 0.427. The van der Waals surface area contributed by atoms with Crippen molar-refractivity contribution in [2.45, 2.75) is 19.9 Å². The molecule has 3 rings (SSSR count). The maximum Gasteiger partial charge on any atom is 0.259 e. The number of aromatic nitrogens is 1. The SMILES string of the molecule is CC(C)n1cc(/C=N\NC(=O)CNC(=O)COc2ccc(Cl)cc2)c2ccccc21. The van der Waals surface area contributed by atoms with Crippen LogP contribution < -0.4 is 15.5 Å². The number of para-hydroxylation sites is 1. The minimum Gasteiger partial charge on any atom is -0.484 e. The molecule has 2 aromatic carbocycles. The van der Waals surface area contributed by atoms with E-state index >= 15 is 0 Å². The molecule has 0 unspecified atom stereocenters. The number of nitrogens with one attached hydrogen (secondary N) is 2. The fraction of sp³-hybridized carbons (Fsp3) is 0.227. The van der Waals surface area contributed by atoms with Crippen molar-refractivity contribution in [1.29, 1.82) is 0 Å². The van der Waals surface area contributed by atoms with Crippen molar-refractivity contribution in [3.05, 3.63) is 65.3 Å². The molecule has 8 heteroatoms. The van der Waals surface area contributed by atoms with Crippen LogP contribution in [0.5, 0.6) is 5.75 Å². The van der Waals surface area contributed by atoms with E-state index < -0.39 is 11.8 Å². The van der Waals surface area contributed by atoms with Crippen LogP contribution in [0, 0.1) is 0 Å². The lowest BCUT2D eigenvalue weighted by atomic mass is 10.2. The van der Waals surface area contributed by atoms with Crippen LogP contribution in [0.15, 0.2) is 59.8 Å². The van der Waals surface area contributed by atoms with E-state index in [1.807, 2.05) is 30.5 Å². The number of amides is 2. The van der Waals surface area contributed by atoms with Gasteiger partial charge in [0.05, 0.1) is 12.8 Å². The molecule has 0 aliphatic heterocycles. The van der Waals surface area contributed by atoms with Gasteiger partial charge in [-0.05, 0) is 44.2 Å². The zero-order chi connectivity index (χ0) is 21.5. The Hall–Kier alpha value is -3.32. The number of benzene rings is 2. The first-order chi connectivity index (χ1) is 14.4. The van der Waals surface area contributed by atoms with Crippen molar-refractivity contribution in [3.63, 3.8) is 0 Å². The third-order valence-corrected chi connectivity index (χ3v) is 4.60. The predicted octanol–water partition coefficient (Wildman–Crippen LogP) is 3.52. The first-order valence-electron chi connectivity index (χ1n) is 9.50. The second-order valence-corrected chi connectivity index (χ2v) is 7.35. The molecule has 0 saturated carbocycles. The van der Waals surface area contributed by atoms with Crippen LogP contribution in [-0.2, 0) is 9.59 Å². The summed E-state index contributed by atoms with van der Waals surface area (Å²) in [5.41, 5.74) is 4.43. The van der Waals surface area contributed by atoms with E-state index in [0.29, 0.717) is 16.8 Å². The Balaban J connectivity index is 1.47. The number of rotatable bonds is 8. The largest absolute Gasteiger partial charge is 0.484 e. The summed E-state index contributed by atoms with van der Waals surface area (Å²) in [6.07, 6.45) is 3.60. The second kappa shape index (κ2) is 9.93. The van der Waals surface area contributed by atoms with Gasteiger partial charge < -0.3 is 14.6 Å². The molecule has 0 fully saturated rings. The molecule has 7 nitrogen and oxygen atoms in total. The number of hydrogen-bond acceptors (Lipinski definition) is 4. The Kier molecular flexibility index (Phi) is 7.08. The number of nitrogens with zero attached hydrogens (tertiary/aromatic N) is 2. The Morgan fingerprint density at radius 3 is 2.60 bits per heavy atom. The number of carbonyl (C=O) groups excluding carboxylic acids is 2. The van der Waals surface area contributed by atoms with Crippen LogP contribution >= 0.6 is 11.6 Å². The van der Waals surface area contributed by atoms with Crippen LogP contribution in [0.4, 0.5) is 0 Å². The normalized spacial score (nSPS) is 11.2. The lowest BCUT2D eigenvalue weighted by molar-refractivity contribution is -0.127. The fourth-order valence-electron chi connectivity index (χ4n) is 2.88. The molecule has 0 spiro atoms. The number of fused-ring (bicyclic) bond motifs is 1. The number of hydrogen-bond donors (Lipinski definition) is 2. The molecule has 30 heavy (non-hydrogen) atoms. The van der Waals surface area contributed by atoms with Gasteiger partial charge in [-0.2, -0.15) is 5.10 Å². The maximum atomic E-state index is 11.9. The molecule has 1 heterocycles. The van der Waals surface area contributed by atoms with E-state index in [-0.39, 0.29) is 13.2 Å². The highest BCUT2D eigenvalue weighted by Crippen LogP contribution is 2.23. The lowest BCUT2D eigenvalue weighted by Gasteiger charge is -2.08. The van der Waals surface area contributed by atoms with Gasteiger partial charge in [-0.25, -0.2) is 5.43 Å². The Morgan fingerprint density at radius 1 is 1.13 bits per heavy atom. The van der Waals surface area contributed by atoms with Crippen molar-refractivity contribution in [2.24, 2.45) is 5.10 Å².